The Labute approximate surface area is 97.4 Å². The van der Waals surface area contributed by atoms with Crippen molar-refractivity contribution in [3.05, 3.63) is 0 Å². The van der Waals surface area contributed by atoms with Crippen LogP contribution in [0.4, 0.5) is 0 Å². The molecule has 0 aliphatic carbocycles. The maximum atomic E-state index is 11.2. The van der Waals surface area contributed by atoms with Gasteiger partial charge >= 0.3 is 0 Å². The summed E-state index contributed by atoms with van der Waals surface area (Å²) in [4.78, 5) is 11.2. The molecule has 100 valence electrons. The second-order valence-corrected chi connectivity index (χ2v) is 3.80. The largest absolute Gasteiger partial charge is 0.396 e. The molecule has 0 aromatic carbocycles. The van der Waals surface area contributed by atoms with Crippen LogP contribution in [0.3, 0.4) is 0 Å². The molecule has 5 atom stereocenters. The Kier molecular flexibility index (Phi) is 5.25. The standard InChI is InChI=1S/C9H17NO7/c11-2-1-5(13)10-6-8(15)7(14)4(3-12)17-9(6)16/h4,6-9,11-12,14-16H,1-3H2,(H,10,13)/t4?,6?,7?,8-,9-/m1/s1. The van der Waals surface area contributed by atoms with Crippen molar-refractivity contribution in [1.29, 1.82) is 0 Å². The van der Waals surface area contributed by atoms with Gasteiger partial charge in [0.1, 0.15) is 24.4 Å². The predicted octanol–water partition coefficient (Wildman–Crippen LogP) is -3.72. The average molecular weight is 251 g/mol. The smallest absolute Gasteiger partial charge is 0.222 e. The second kappa shape index (κ2) is 6.24. The van der Waals surface area contributed by atoms with Gasteiger partial charge in [-0.15, -0.1) is 0 Å². The van der Waals surface area contributed by atoms with Gasteiger partial charge in [-0.1, -0.05) is 0 Å². The average Bonchev–Trinajstić information content (AvgIpc) is 2.29. The zero-order chi connectivity index (χ0) is 13.0. The molecule has 0 bridgehead atoms. The van der Waals surface area contributed by atoms with Crippen molar-refractivity contribution in [3.8, 4) is 0 Å². The van der Waals surface area contributed by atoms with Crippen molar-refractivity contribution >= 4 is 5.91 Å². The summed E-state index contributed by atoms with van der Waals surface area (Å²) in [7, 11) is 0. The van der Waals surface area contributed by atoms with Gasteiger partial charge in [-0.25, -0.2) is 0 Å². The Hall–Kier alpha value is -0.770. The highest BCUT2D eigenvalue weighted by molar-refractivity contribution is 5.76. The number of ether oxygens (including phenoxy) is 1. The van der Waals surface area contributed by atoms with Crippen LogP contribution in [0, 0.1) is 0 Å². The first kappa shape index (κ1) is 14.3. The summed E-state index contributed by atoms with van der Waals surface area (Å²) in [5, 5.41) is 48.2. The van der Waals surface area contributed by atoms with Crippen molar-refractivity contribution in [2.45, 2.75) is 37.1 Å². The Balaban J connectivity index is 2.63. The molecule has 0 radical (unpaired) electrons. The van der Waals surface area contributed by atoms with E-state index >= 15 is 0 Å². The molecule has 8 nitrogen and oxygen atoms in total. The summed E-state index contributed by atoms with van der Waals surface area (Å²) in [6, 6.07) is -1.20. The maximum absolute atomic E-state index is 11.2. The molecule has 1 aliphatic heterocycles. The van der Waals surface area contributed by atoms with Gasteiger partial charge in [0.2, 0.25) is 5.91 Å². The van der Waals surface area contributed by atoms with Crippen LogP contribution in [0.15, 0.2) is 0 Å². The lowest BCUT2D eigenvalue weighted by molar-refractivity contribution is -0.253. The van der Waals surface area contributed by atoms with E-state index in [1.54, 1.807) is 0 Å². The summed E-state index contributed by atoms with van der Waals surface area (Å²) < 4.78 is 4.83. The van der Waals surface area contributed by atoms with Crippen molar-refractivity contribution in [1.82, 2.24) is 5.32 Å². The van der Waals surface area contributed by atoms with Gasteiger partial charge in [0.05, 0.1) is 13.2 Å². The monoisotopic (exact) mass is 251 g/mol. The minimum atomic E-state index is -1.53. The highest BCUT2D eigenvalue weighted by Gasteiger charge is 2.44. The molecule has 0 saturated carbocycles. The number of hydrogen-bond donors (Lipinski definition) is 6. The summed E-state index contributed by atoms with van der Waals surface area (Å²) in [6.45, 7) is -0.931. The molecular weight excluding hydrogens is 234 g/mol. The Morgan fingerprint density at radius 2 is 1.82 bits per heavy atom. The summed E-state index contributed by atoms with van der Waals surface area (Å²) >= 11 is 0. The minimum Gasteiger partial charge on any atom is -0.396 e. The first-order valence-corrected chi connectivity index (χ1v) is 5.22. The minimum absolute atomic E-state index is 0.185. The number of aliphatic hydroxyl groups excluding tert-OH is 5. The van der Waals surface area contributed by atoms with E-state index in [0.29, 0.717) is 0 Å². The molecular formula is C9H17NO7. The van der Waals surface area contributed by atoms with E-state index in [2.05, 4.69) is 5.32 Å². The molecule has 1 amide bonds. The molecule has 1 aliphatic rings. The molecule has 8 heteroatoms. The highest BCUT2D eigenvalue weighted by atomic mass is 16.6. The summed E-state index contributed by atoms with van der Waals surface area (Å²) in [5.41, 5.74) is 0. The van der Waals surface area contributed by atoms with E-state index in [0.717, 1.165) is 0 Å². The lowest BCUT2D eigenvalue weighted by atomic mass is 9.97. The van der Waals surface area contributed by atoms with Crippen molar-refractivity contribution in [3.63, 3.8) is 0 Å². The number of carbonyl (C=O) groups is 1. The molecule has 17 heavy (non-hydrogen) atoms. The Morgan fingerprint density at radius 3 is 2.35 bits per heavy atom. The van der Waals surface area contributed by atoms with Crippen molar-refractivity contribution in [2.24, 2.45) is 0 Å². The van der Waals surface area contributed by atoms with E-state index < -0.39 is 43.2 Å². The fourth-order valence-corrected chi connectivity index (χ4v) is 1.61. The van der Waals surface area contributed by atoms with E-state index in [1.165, 1.54) is 0 Å². The fraction of sp³-hybridized carbons (Fsp3) is 0.889. The van der Waals surface area contributed by atoms with Crippen LogP contribution in [0.1, 0.15) is 6.42 Å². The van der Waals surface area contributed by atoms with Gasteiger partial charge < -0.3 is 35.6 Å². The van der Waals surface area contributed by atoms with Crippen molar-refractivity contribution in [2.75, 3.05) is 13.2 Å². The molecule has 0 aromatic heterocycles. The molecule has 0 spiro atoms. The van der Waals surface area contributed by atoms with Gasteiger partial charge in [0, 0.05) is 6.42 Å². The number of aliphatic hydroxyl groups is 5. The third kappa shape index (κ3) is 3.35. The molecule has 1 heterocycles. The van der Waals surface area contributed by atoms with Crippen LogP contribution < -0.4 is 5.32 Å². The number of hydrogen-bond acceptors (Lipinski definition) is 7. The van der Waals surface area contributed by atoms with Gasteiger partial charge in [-0.3, -0.25) is 4.79 Å². The molecule has 1 saturated heterocycles. The highest BCUT2D eigenvalue weighted by Crippen LogP contribution is 2.19. The van der Waals surface area contributed by atoms with E-state index in [-0.39, 0.29) is 13.0 Å². The summed E-state index contributed by atoms with van der Waals surface area (Å²) in [5.74, 6) is -0.589. The lowest BCUT2D eigenvalue weighted by Gasteiger charge is -2.40. The predicted molar refractivity (Wildman–Crippen MR) is 53.6 cm³/mol. The van der Waals surface area contributed by atoms with Crippen LogP contribution in [-0.2, 0) is 9.53 Å². The first-order chi connectivity index (χ1) is 8.01. The fourth-order valence-electron chi connectivity index (χ4n) is 1.61. The van der Waals surface area contributed by atoms with Crippen LogP contribution >= 0.6 is 0 Å². The number of carbonyl (C=O) groups excluding carboxylic acids is 1. The molecule has 0 aromatic rings. The topological polar surface area (TPSA) is 139 Å². The van der Waals surface area contributed by atoms with E-state index in [4.69, 9.17) is 14.9 Å². The number of nitrogens with one attached hydrogen (secondary N) is 1. The number of rotatable bonds is 4. The normalized spacial score (nSPS) is 37.8. The molecule has 1 fully saturated rings. The van der Waals surface area contributed by atoms with Crippen LogP contribution in [0.2, 0.25) is 0 Å². The van der Waals surface area contributed by atoms with Crippen LogP contribution in [-0.4, -0.2) is 75.3 Å². The number of amides is 1. The zero-order valence-corrected chi connectivity index (χ0v) is 9.06. The van der Waals surface area contributed by atoms with Gasteiger partial charge in [0.15, 0.2) is 6.29 Å². The first-order valence-electron chi connectivity index (χ1n) is 5.22. The Bertz CT molecular complexity index is 262. The Morgan fingerprint density at radius 1 is 1.18 bits per heavy atom. The van der Waals surface area contributed by atoms with Gasteiger partial charge in [0.25, 0.3) is 0 Å². The molecule has 6 N–H and O–H groups in total. The lowest BCUT2D eigenvalue weighted by Crippen LogP contribution is -2.64. The van der Waals surface area contributed by atoms with Gasteiger partial charge in [-0.05, 0) is 0 Å². The SMILES string of the molecule is O=C(CCO)NC1[C@@H](O)C(O)C(CO)O[C@H]1O. The van der Waals surface area contributed by atoms with Crippen molar-refractivity contribution < 1.29 is 35.1 Å². The van der Waals surface area contributed by atoms with E-state index in [9.17, 15) is 20.1 Å². The van der Waals surface area contributed by atoms with Gasteiger partial charge in [-0.2, -0.15) is 0 Å². The van der Waals surface area contributed by atoms with Crippen LogP contribution in [0.5, 0.6) is 0 Å². The molecule has 3 unspecified atom stereocenters. The van der Waals surface area contributed by atoms with Crippen LogP contribution in [0.25, 0.3) is 0 Å². The summed E-state index contributed by atoms with van der Waals surface area (Å²) in [6.07, 6.45) is -5.70. The second-order valence-electron chi connectivity index (χ2n) is 3.80. The quantitative estimate of drug-likeness (QED) is 0.302. The third-order valence-corrected chi connectivity index (χ3v) is 2.57. The molecule has 1 rings (SSSR count). The third-order valence-electron chi connectivity index (χ3n) is 2.57. The van der Waals surface area contributed by atoms with E-state index in [1.807, 2.05) is 0 Å². The maximum Gasteiger partial charge on any atom is 0.222 e. The zero-order valence-electron chi connectivity index (χ0n) is 9.06.